The van der Waals surface area contributed by atoms with E-state index in [9.17, 15) is 0 Å². The zero-order valence-corrected chi connectivity index (χ0v) is 13.1. The van der Waals surface area contributed by atoms with Gasteiger partial charge in [-0.15, -0.1) is 0 Å². The molecule has 1 aliphatic heterocycles. The highest BCUT2D eigenvalue weighted by Crippen LogP contribution is 2.33. The van der Waals surface area contributed by atoms with Crippen LogP contribution in [0.3, 0.4) is 0 Å². The summed E-state index contributed by atoms with van der Waals surface area (Å²) in [7, 11) is 0. The van der Waals surface area contributed by atoms with Gasteiger partial charge >= 0.3 is 0 Å². The Hall–Kier alpha value is -0.860. The summed E-state index contributed by atoms with van der Waals surface area (Å²) < 4.78 is 0. The predicted octanol–water partition coefficient (Wildman–Crippen LogP) is 3.32. The first-order valence-electron chi connectivity index (χ1n) is 8.95. The van der Waals surface area contributed by atoms with E-state index in [1.54, 1.807) is 11.1 Å². The highest BCUT2D eigenvalue weighted by atomic mass is 15.2. The number of rotatable bonds is 5. The molecule has 0 aromatic heterocycles. The average Bonchev–Trinajstić information content (AvgIpc) is 3.25. The summed E-state index contributed by atoms with van der Waals surface area (Å²) in [4.78, 5) is 2.78. The van der Waals surface area contributed by atoms with Crippen LogP contribution >= 0.6 is 0 Å². The molecule has 1 saturated heterocycles. The smallest absolute Gasteiger partial charge is 0.0221 e. The largest absolute Gasteiger partial charge is 0.312 e. The van der Waals surface area contributed by atoms with Crippen LogP contribution in [0.4, 0.5) is 0 Å². The summed E-state index contributed by atoms with van der Waals surface area (Å²) in [6, 6.07) is 10.8. The fourth-order valence-electron chi connectivity index (χ4n) is 4.28. The lowest BCUT2D eigenvalue weighted by atomic mass is 9.82. The number of benzene rings is 1. The average molecular weight is 284 g/mol. The van der Waals surface area contributed by atoms with Crippen LogP contribution in [-0.4, -0.2) is 36.6 Å². The molecule has 1 aromatic rings. The minimum atomic E-state index is 0.775. The Morgan fingerprint density at radius 2 is 1.95 bits per heavy atom. The molecule has 2 fully saturated rings. The third-order valence-electron chi connectivity index (χ3n) is 5.67. The van der Waals surface area contributed by atoms with Crippen molar-refractivity contribution in [3.63, 3.8) is 0 Å². The Labute approximate surface area is 128 Å². The number of likely N-dealkylation sites (tertiary alicyclic amines) is 1. The summed E-state index contributed by atoms with van der Waals surface area (Å²) in [6.45, 7) is 3.82. The van der Waals surface area contributed by atoms with Crippen LogP contribution in [0.25, 0.3) is 0 Å². The monoisotopic (exact) mass is 284 g/mol. The zero-order valence-electron chi connectivity index (χ0n) is 13.1. The molecule has 2 unspecified atom stereocenters. The highest BCUT2D eigenvalue weighted by molar-refractivity contribution is 5.32. The molecule has 1 heterocycles. The minimum Gasteiger partial charge on any atom is -0.312 e. The Bertz CT molecular complexity index is 480. The van der Waals surface area contributed by atoms with E-state index in [1.165, 1.54) is 64.6 Å². The maximum atomic E-state index is 3.74. The molecule has 2 atom stereocenters. The van der Waals surface area contributed by atoms with Gasteiger partial charge in [0.25, 0.3) is 0 Å². The third-order valence-corrected chi connectivity index (χ3v) is 5.67. The van der Waals surface area contributed by atoms with Gasteiger partial charge in [0.2, 0.25) is 0 Å². The molecule has 2 aliphatic carbocycles. The Morgan fingerprint density at radius 1 is 1.05 bits per heavy atom. The molecule has 114 valence electrons. The van der Waals surface area contributed by atoms with E-state index in [0.717, 1.165) is 18.0 Å². The van der Waals surface area contributed by atoms with Crippen molar-refractivity contribution in [2.75, 3.05) is 19.6 Å². The van der Waals surface area contributed by atoms with Gasteiger partial charge < -0.3 is 5.32 Å². The van der Waals surface area contributed by atoms with Gasteiger partial charge in [-0.3, -0.25) is 4.90 Å². The Morgan fingerprint density at radius 3 is 2.86 bits per heavy atom. The number of hydrogen-bond donors (Lipinski definition) is 1. The van der Waals surface area contributed by atoms with Gasteiger partial charge in [0.1, 0.15) is 0 Å². The van der Waals surface area contributed by atoms with Crippen LogP contribution in [0.2, 0.25) is 0 Å². The molecule has 0 bridgehead atoms. The van der Waals surface area contributed by atoms with Crippen molar-refractivity contribution in [3.05, 3.63) is 35.4 Å². The van der Waals surface area contributed by atoms with Crippen molar-refractivity contribution in [1.29, 1.82) is 0 Å². The van der Waals surface area contributed by atoms with Crippen LogP contribution < -0.4 is 5.32 Å². The van der Waals surface area contributed by atoms with E-state index in [0.29, 0.717) is 0 Å². The van der Waals surface area contributed by atoms with E-state index in [2.05, 4.69) is 34.5 Å². The molecule has 2 nitrogen and oxygen atoms in total. The molecular weight excluding hydrogens is 256 g/mol. The van der Waals surface area contributed by atoms with Crippen molar-refractivity contribution in [3.8, 4) is 0 Å². The summed E-state index contributed by atoms with van der Waals surface area (Å²) in [5, 5.41) is 3.74. The van der Waals surface area contributed by atoms with Crippen LogP contribution in [0, 0.1) is 0 Å². The van der Waals surface area contributed by atoms with Gasteiger partial charge in [-0.1, -0.05) is 24.3 Å². The van der Waals surface area contributed by atoms with Crippen molar-refractivity contribution in [1.82, 2.24) is 10.2 Å². The van der Waals surface area contributed by atoms with Crippen LogP contribution in [0.1, 0.15) is 55.6 Å². The number of nitrogens with zero attached hydrogens (tertiary/aromatic N) is 1. The lowest BCUT2D eigenvalue weighted by Gasteiger charge is -2.32. The maximum absolute atomic E-state index is 3.74. The van der Waals surface area contributed by atoms with Gasteiger partial charge in [0, 0.05) is 25.2 Å². The minimum absolute atomic E-state index is 0.775. The van der Waals surface area contributed by atoms with Gasteiger partial charge in [-0.2, -0.15) is 0 Å². The van der Waals surface area contributed by atoms with Crippen LogP contribution in [0.15, 0.2) is 24.3 Å². The number of aryl methyl sites for hydroxylation is 1. The van der Waals surface area contributed by atoms with Gasteiger partial charge in [0.05, 0.1) is 0 Å². The molecule has 0 radical (unpaired) electrons. The second-order valence-electron chi connectivity index (χ2n) is 7.26. The van der Waals surface area contributed by atoms with E-state index < -0.39 is 0 Å². The van der Waals surface area contributed by atoms with Crippen molar-refractivity contribution >= 4 is 0 Å². The first kappa shape index (κ1) is 13.8. The second kappa shape index (κ2) is 6.10. The Balaban J connectivity index is 1.40. The predicted molar refractivity (Wildman–Crippen MR) is 87.7 cm³/mol. The summed E-state index contributed by atoms with van der Waals surface area (Å²) in [5.74, 6) is 0.775. The highest BCUT2D eigenvalue weighted by Gasteiger charge is 2.30. The number of fused-ring (bicyclic) bond motifs is 1. The normalized spacial score (nSPS) is 29.5. The van der Waals surface area contributed by atoms with E-state index >= 15 is 0 Å². The first-order chi connectivity index (χ1) is 10.4. The molecule has 2 heteroatoms. The van der Waals surface area contributed by atoms with Gasteiger partial charge in [-0.25, -0.2) is 0 Å². The molecule has 3 aliphatic rings. The molecule has 4 rings (SSSR count). The topological polar surface area (TPSA) is 15.3 Å². The summed E-state index contributed by atoms with van der Waals surface area (Å²) >= 11 is 0. The standard InChI is InChI=1S/C19H28N2/c1-2-9-19-15(5-1)6-3-7-16(19)14-21-12-4-8-18(21)13-20-17-10-11-17/h1-2,5,9,16-18,20H,3-4,6-8,10-14H2. The Kier molecular flexibility index (Phi) is 4.00. The molecule has 21 heavy (non-hydrogen) atoms. The van der Waals surface area contributed by atoms with E-state index in [-0.39, 0.29) is 0 Å². The second-order valence-corrected chi connectivity index (χ2v) is 7.26. The molecule has 0 spiro atoms. The number of nitrogens with one attached hydrogen (secondary N) is 1. The molecule has 1 aromatic carbocycles. The van der Waals surface area contributed by atoms with Crippen molar-refractivity contribution < 1.29 is 0 Å². The summed E-state index contributed by atoms with van der Waals surface area (Å²) in [5.41, 5.74) is 3.25. The quantitative estimate of drug-likeness (QED) is 0.892. The van der Waals surface area contributed by atoms with Gasteiger partial charge in [0.15, 0.2) is 0 Å². The fourth-order valence-corrected chi connectivity index (χ4v) is 4.28. The van der Waals surface area contributed by atoms with E-state index in [4.69, 9.17) is 0 Å². The molecule has 1 saturated carbocycles. The molecular formula is C19H28N2. The zero-order chi connectivity index (χ0) is 14.1. The molecule has 1 N–H and O–H groups in total. The summed E-state index contributed by atoms with van der Waals surface area (Å²) in [6.07, 6.45) is 9.65. The number of hydrogen-bond acceptors (Lipinski definition) is 2. The van der Waals surface area contributed by atoms with E-state index in [1.807, 2.05) is 0 Å². The SMILES string of the molecule is c1ccc2c(c1)CCCC2CN1CCCC1CNC1CC1. The van der Waals surface area contributed by atoms with Crippen LogP contribution in [0.5, 0.6) is 0 Å². The lowest BCUT2D eigenvalue weighted by Crippen LogP contribution is -2.41. The van der Waals surface area contributed by atoms with Gasteiger partial charge in [-0.05, 0) is 68.5 Å². The fraction of sp³-hybridized carbons (Fsp3) is 0.684. The molecule has 0 amide bonds. The van der Waals surface area contributed by atoms with Crippen molar-refractivity contribution in [2.24, 2.45) is 0 Å². The third kappa shape index (κ3) is 3.17. The maximum Gasteiger partial charge on any atom is 0.0221 e. The first-order valence-corrected chi connectivity index (χ1v) is 8.95. The lowest BCUT2D eigenvalue weighted by molar-refractivity contribution is 0.225. The van der Waals surface area contributed by atoms with Crippen molar-refractivity contribution in [2.45, 2.75) is 62.9 Å². The van der Waals surface area contributed by atoms with Crippen LogP contribution in [-0.2, 0) is 6.42 Å².